The molecule has 1 heteroatoms. The average molecular weight is 724 g/mol. The lowest BCUT2D eigenvalue weighted by atomic mass is 9.61. The molecule has 1 nitrogen and oxygen atoms in total. The predicted octanol–water partition coefficient (Wildman–Crippen LogP) is 15.5. The first-order valence-electron chi connectivity index (χ1n) is 20.3. The Bertz CT molecular complexity index is 2820. The number of fused-ring (bicyclic) bond motifs is 7. The summed E-state index contributed by atoms with van der Waals surface area (Å²) >= 11 is 0. The molecule has 0 saturated carbocycles. The van der Waals surface area contributed by atoms with Crippen LogP contribution in [0.4, 0.5) is 17.1 Å². The van der Waals surface area contributed by atoms with Crippen molar-refractivity contribution in [1.82, 2.24) is 0 Å². The van der Waals surface area contributed by atoms with Crippen molar-refractivity contribution in [2.45, 2.75) is 70.6 Å². The van der Waals surface area contributed by atoms with Gasteiger partial charge in [0.05, 0.1) is 5.69 Å². The van der Waals surface area contributed by atoms with Crippen molar-refractivity contribution < 1.29 is 0 Å². The van der Waals surface area contributed by atoms with Crippen molar-refractivity contribution in [2.75, 3.05) is 4.90 Å². The minimum atomic E-state index is -0.151. The molecular weight excluding hydrogens is 675 g/mol. The van der Waals surface area contributed by atoms with E-state index in [-0.39, 0.29) is 16.2 Å². The Balaban J connectivity index is 1.29. The first kappa shape index (κ1) is 34.6. The maximum atomic E-state index is 2.55. The van der Waals surface area contributed by atoms with E-state index in [2.05, 4.69) is 210 Å². The van der Waals surface area contributed by atoms with Crippen LogP contribution in [0.1, 0.15) is 76.6 Å². The molecule has 0 aliphatic heterocycles. The molecule has 0 heterocycles. The summed E-state index contributed by atoms with van der Waals surface area (Å²) in [5, 5.41) is 5.07. The van der Waals surface area contributed by atoms with Crippen LogP contribution in [0, 0.1) is 0 Å². The molecule has 8 aromatic carbocycles. The number of anilines is 3. The molecule has 0 radical (unpaired) electrons. The van der Waals surface area contributed by atoms with Gasteiger partial charge in [-0.05, 0) is 132 Å². The lowest BCUT2D eigenvalue weighted by molar-refractivity contribution is 0.333. The second-order valence-corrected chi connectivity index (χ2v) is 18.0. The highest BCUT2D eigenvalue weighted by Crippen LogP contribution is 2.56. The van der Waals surface area contributed by atoms with E-state index < -0.39 is 0 Å². The Kier molecular flexibility index (Phi) is 7.75. The minimum absolute atomic E-state index is 0.0288. The molecule has 2 aliphatic carbocycles. The Morgan fingerprint density at radius 3 is 1.84 bits per heavy atom. The number of hydrogen-bond acceptors (Lipinski definition) is 1. The molecule has 274 valence electrons. The van der Waals surface area contributed by atoms with Gasteiger partial charge in [0.2, 0.25) is 0 Å². The second-order valence-electron chi connectivity index (χ2n) is 18.0. The molecule has 0 amide bonds. The van der Waals surface area contributed by atoms with Crippen LogP contribution in [0.25, 0.3) is 54.9 Å². The van der Waals surface area contributed by atoms with E-state index >= 15 is 0 Å². The zero-order valence-electron chi connectivity index (χ0n) is 33.4. The minimum Gasteiger partial charge on any atom is -0.310 e. The van der Waals surface area contributed by atoms with Crippen molar-refractivity contribution >= 4 is 38.6 Å². The molecule has 0 N–H and O–H groups in total. The smallest absolute Gasteiger partial charge is 0.0543 e. The SMILES string of the molecule is CC1(C)CCC(C)(C)c2c(-c3cc4c(cc3N(c3ccc(-c5ccccc5)cc3)c3ccc5c(ccc6ccccc65)c3)C(C)(C)c3ccccc3-4)cccc21. The monoisotopic (exact) mass is 723 g/mol. The van der Waals surface area contributed by atoms with Crippen LogP contribution in [-0.4, -0.2) is 0 Å². The zero-order valence-corrected chi connectivity index (χ0v) is 33.4. The van der Waals surface area contributed by atoms with Crippen molar-refractivity contribution in [2.24, 2.45) is 0 Å². The quantitative estimate of drug-likeness (QED) is 0.160. The van der Waals surface area contributed by atoms with Crippen LogP contribution in [-0.2, 0) is 16.2 Å². The highest BCUT2D eigenvalue weighted by molar-refractivity contribution is 6.09. The molecule has 0 bridgehead atoms. The summed E-state index contributed by atoms with van der Waals surface area (Å²) in [5.41, 5.74) is 17.0. The molecule has 8 aromatic rings. The maximum absolute atomic E-state index is 2.55. The first-order valence-corrected chi connectivity index (χ1v) is 20.3. The molecule has 0 atom stereocenters. The normalized spacial score (nSPS) is 16.0. The van der Waals surface area contributed by atoms with E-state index in [1.54, 1.807) is 0 Å². The van der Waals surface area contributed by atoms with Crippen molar-refractivity contribution in [3.05, 3.63) is 186 Å². The lowest BCUT2D eigenvalue weighted by Gasteiger charge is -2.43. The maximum Gasteiger partial charge on any atom is 0.0543 e. The topological polar surface area (TPSA) is 3.24 Å². The van der Waals surface area contributed by atoms with Gasteiger partial charge in [-0.15, -0.1) is 0 Å². The second kappa shape index (κ2) is 12.6. The van der Waals surface area contributed by atoms with E-state index in [4.69, 9.17) is 0 Å². The van der Waals surface area contributed by atoms with Gasteiger partial charge in [-0.1, -0.05) is 169 Å². The van der Waals surface area contributed by atoms with Gasteiger partial charge in [-0.2, -0.15) is 0 Å². The number of rotatable bonds is 5. The Morgan fingerprint density at radius 2 is 1.02 bits per heavy atom. The summed E-state index contributed by atoms with van der Waals surface area (Å²) in [6.07, 6.45) is 2.34. The average Bonchev–Trinajstić information content (AvgIpc) is 3.44. The fraction of sp³-hybridized carbons (Fsp3) is 0.200. The molecule has 0 fully saturated rings. The third-order valence-electron chi connectivity index (χ3n) is 13.3. The van der Waals surface area contributed by atoms with E-state index in [1.807, 2.05) is 0 Å². The first-order chi connectivity index (χ1) is 27.0. The zero-order chi connectivity index (χ0) is 38.4. The number of nitrogens with zero attached hydrogens (tertiary/aromatic N) is 1. The summed E-state index contributed by atoms with van der Waals surface area (Å²) < 4.78 is 0. The van der Waals surface area contributed by atoms with Crippen molar-refractivity contribution in [3.63, 3.8) is 0 Å². The highest BCUT2D eigenvalue weighted by atomic mass is 15.1. The summed E-state index contributed by atoms with van der Waals surface area (Å²) in [5.74, 6) is 0. The highest BCUT2D eigenvalue weighted by Gasteiger charge is 2.41. The third kappa shape index (κ3) is 5.35. The molecule has 10 rings (SSSR count). The van der Waals surface area contributed by atoms with Crippen LogP contribution < -0.4 is 4.90 Å². The van der Waals surface area contributed by atoms with Gasteiger partial charge in [-0.3, -0.25) is 0 Å². The fourth-order valence-electron chi connectivity index (χ4n) is 10.1. The summed E-state index contributed by atoms with van der Waals surface area (Å²) in [6.45, 7) is 14.6. The standard InChI is InChI=1S/C55H49N/c1-53(2)31-32-54(3,4)52-45(20-14-22-49(52)53)47-34-46-44-19-12-13-21-48(44)55(5,6)50(46)35-51(47)56(40-27-25-37(26-28-40)36-15-8-7-9-16-36)41-29-30-43-39(33-41)24-23-38-17-10-11-18-42(38)43/h7-30,33-35H,31-32H2,1-6H3. The van der Waals surface area contributed by atoms with Gasteiger partial charge < -0.3 is 4.90 Å². The van der Waals surface area contributed by atoms with Crippen LogP contribution in [0.2, 0.25) is 0 Å². The van der Waals surface area contributed by atoms with Gasteiger partial charge in [0.15, 0.2) is 0 Å². The van der Waals surface area contributed by atoms with Gasteiger partial charge in [-0.25, -0.2) is 0 Å². The summed E-state index contributed by atoms with van der Waals surface area (Å²) in [6, 6.07) is 61.6. The van der Waals surface area contributed by atoms with E-state index in [9.17, 15) is 0 Å². The van der Waals surface area contributed by atoms with Crippen molar-refractivity contribution in [3.8, 4) is 33.4 Å². The molecule has 0 unspecified atom stereocenters. The molecule has 56 heavy (non-hydrogen) atoms. The predicted molar refractivity (Wildman–Crippen MR) is 240 cm³/mol. The van der Waals surface area contributed by atoms with E-state index in [0.717, 1.165) is 17.8 Å². The van der Waals surface area contributed by atoms with Gasteiger partial charge in [0.1, 0.15) is 0 Å². The Morgan fingerprint density at radius 1 is 0.393 bits per heavy atom. The largest absolute Gasteiger partial charge is 0.310 e. The number of benzene rings is 8. The Labute approximate surface area is 332 Å². The summed E-state index contributed by atoms with van der Waals surface area (Å²) in [4.78, 5) is 2.54. The molecule has 0 aromatic heterocycles. The molecular formula is C55H49N. The molecule has 0 saturated heterocycles. The Hall–Kier alpha value is -5.92. The van der Waals surface area contributed by atoms with Crippen LogP contribution in [0.5, 0.6) is 0 Å². The van der Waals surface area contributed by atoms with Crippen LogP contribution in [0.15, 0.2) is 164 Å². The van der Waals surface area contributed by atoms with Gasteiger partial charge in [0.25, 0.3) is 0 Å². The van der Waals surface area contributed by atoms with E-state index in [1.165, 1.54) is 89.3 Å². The lowest BCUT2D eigenvalue weighted by Crippen LogP contribution is -2.34. The molecule has 2 aliphatic rings. The van der Waals surface area contributed by atoms with Gasteiger partial charge in [0, 0.05) is 22.4 Å². The fourth-order valence-corrected chi connectivity index (χ4v) is 10.1. The third-order valence-corrected chi connectivity index (χ3v) is 13.3. The van der Waals surface area contributed by atoms with Gasteiger partial charge >= 0.3 is 0 Å². The van der Waals surface area contributed by atoms with Crippen LogP contribution in [0.3, 0.4) is 0 Å². The van der Waals surface area contributed by atoms with Crippen LogP contribution >= 0.6 is 0 Å². The number of hydrogen-bond donors (Lipinski definition) is 0. The van der Waals surface area contributed by atoms with E-state index in [0.29, 0.717) is 0 Å². The van der Waals surface area contributed by atoms with Crippen molar-refractivity contribution in [1.29, 1.82) is 0 Å². The molecule has 0 spiro atoms. The summed E-state index contributed by atoms with van der Waals surface area (Å²) in [7, 11) is 0.